The van der Waals surface area contributed by atoms with Crippen LogP contribution < -0.4 is 10.2 Å². The van der Waals surface area contributed by atoms with E-state index in [0.29, 0.717) is 17.0 Å². The molecule has 0 bridgehead atoms. The van der Waals surface area contributed by atoms with Gasteiger partial charge in [-0.3, -0.25) is 4.79 Å². The molecule has 9 heteroatoms. The van der Waals surface area contributed by atoms with Gasteiger partial charge in [0.15, 0.2) is 6.61 Å². The maximum absolute atomic E-state index is 13.1. The Morgan fingerprint density at radius 3 is 2.40 bits per heavy atom. The molecule has 4 aromatic rings. The van der Waals surface area contributed by atoms with Gasteiger partial charge in [0.2, 0.25) is 0 Å². The lowest BCUT2D eigenvalue weighted by molar-refractivity contribution is -0.142. The van der Waals surface area contributed by atoms with E-state index in [1.54, 1.807) is 12.3 Å². The van der Waals surface area contributed by atoms with Crippen LogP contribution in [-0.2, 0) is 9.53 Å². The van der Waals surface area contributed by atoms with Crippen molar-refractivity contribution >= 4 is 74.2 Å². The van der Waals surface area contributed by atoms with E-state index in [-0.39, 0.29) is 12.5 Å². The van der Waals surface area contributed by atoms with Gasteiger partial charge >= 0.3 is 5.97 Å². The highest BCUT2D eigenvalue weighted by molar-refractivity contribution is 14.1. The molecule has 0 saturated heterocycles. The normalized spacial score (nSPS) is 10.9. The van der Waals surface area contributed by atoms with E-state index in [1.165, 1.54) is 7.11 Å². The highest BCUT2D eigenvalue weighted by Crippen LogP contribution is 2.29. The number of nitrogens with zero attached hydrogens (tertiary/aromatic N) is 2. The molecular formula is C26H19I2N3O4. The standard InChI is InChI=1S/C26H19I2N3O4/c1-34-24(32)15-35-25-20(27)11-16(12-21(25)28)14-29-31-26(33)19-13-23(17-7-3-2-4-8-17)30-22-10-6-5-9-18(19)22/h2-14H,15H2,1H3,(H,31,33)/b29-14+. The summed E-state index contributed by atoms with van der Waals surface area (Å²) in [4.78, 5) is 29.2. The van der Waals surface area contributed by atoms with E-state index in [0.717, 1.165) is 29.2 Å². The van der Waals surface area contributed by atoms with Gasteiger partial charge in [0.25, 0.3) is 5.91 Å². The largest absolute Gasteiger partial charge is 0.480 e. The third kappa shape index (κ3) is 6.14. The summed E-state index contributed by atoms with van der Waals surface area (Å²) in [5.74, 6) is -0.196. The minimum atomic E-state index is -0.455. The molecule has 176 valence electrons. The smallest absolute Gasteiger partial charge is 0.343 e. The zero-order chi connectivity index (χ0) is 24.8. The summed E-state index contributed by atoms with van der Waals surface area (Å²) in [5.41, 5.74) is 6.26. The molecule has 0 radical (unpaired) electrons. The minimum absolute atomic E-state index is 0.170. The fourth-order valence-corrected chi connectivity index (χ4v) is 5.46. The Morgan fingerprint density at radius 1 is 1.00 bits per heavy atom. The average Bonchev–Trinajstić information content (AvgIpc) is 2.87. The Kier molecular flexibility index (Phi) is 8.29. The molecule has 4 rings (SSSR count). The molecular weight excluding hydrogens is 672 g/mol. The molecule has 35 heavy (non-hydrogen) atoms. The maximum Gasteiger partial charge on any atom is 0.343 e. The monoisotopic (exact) mass is 691 g/mol. The zero-order valence-corrected chi connectivity index (χ0v) is 22.8. The van der Waals surface area contributed by atoms with Gasteiger partial charge in [0, 0.05) is 10.9 Å². The van der Waals surface area contributed by atoms with Gasteiger partial charge in [0.1, 0.15) is 5.75 Å². The SMILES string of the molecule is COC(=O)COc1c(I)cc(/C=N/NC(=O)c2cc(-c3ccccc3)nc3ccccc23)cc1I. The molecule has 7 nitrogen and oxygen atoms in total. The summed E-state index contributed by atoms with van der Waals surface area (Å²) in [5, 5.41) is 4.91. The van der Waals surface area contributed by atoms with E-state index in [2.05, 4.69) is 60.4 Å². The number of para-hydroxylation sites is 1. The maximum atomic E-state index is 13.1. The molecule has 1 aromatic heterocycles. The lowest BCUT2D eigenvalue weighted by atomic mass is 10.0. The molecule has 1 amide bonds. The summed E-state index contributed by atoms with van der Waals surface area (Å²) in [6.45, 7) is -0.170. The molecule has 0 aliphatic carbocycles. The Hall–Kier alpha value is -3.06. The minimum Gasteiger partial charge on any atom is -0.480 e. The average molecular weight is 691 g/mol. The van der Waals surface area contributed by atoms with Crippen LogP contribution in [-0.4, -0.2) is 36.8 Å². The number of hydrazone groups is 1. The molecule has 0 saturated carbocycles. The van der Waals surface area contributed by atoms with E-state index in [1.807, 2.05) is 66.7 Å². The number of hydrogen-bond donors (Lipinski definition) is 1. The van der Waals surface area contributed by atoms with Gasteiger partial charge in [0.05, 0.1) is 37.2 Å². The first-order valence-electron chi connectivity index (χ1n) is 10.4. The third-order valence-electron chi connectivity index (χ3n) is 4.99. The van der Waals surface area contributed by atoms with Gasteiger partial charge in [-0.2, -0.15) is 5.10 Å². The van der Waals surface area contributed by atoms with E-state index >= 15 is 0 Å². The second-order valence-electron chi connectivity index (χ2n) is 7.32. The van der Waals surface area contributed by atoms with Crippen LogP contribution >= 0.6 is 45.2 Å². The molecule has 0 fully saturated rings. The fourth-order valence-electron chi connectivity index (χ4n) is 3.33. The van der Waals surface area contributed by atoms with Crippen LogP contribution in [0.15, 0.2) is 77.9 Å². The summed E-state index contributed by atoms with van der Waals surface area (Å²) < 4.78 is 11.8. The number of pyridine rings is 1. The first kappa shape index (κ1) is 25.0. The quantitative estimate of drug-likeness (QED) is 0.121. The topological polar surface area (TPSA) is 89.9 Å². The van der Waals surface area contributed by atoms with Gasteiger partial charge in [-0.1, -0.05) is 48.5 Å². The van der Waals surface area contributed by atoms with Crippen molar-refractivity contribution in [3.63, 3.8) is 0 Å². The number of carbonyl (C=O) groups excluding carboxylic acids is 2. The number of benzene rings is 3. The Labute approximate surface area is 229 Å². The second kappa shape index (κ2) is 11.6. The number of methoxy groups -OCH3 is 1. The summed E-state index contributed by atoms with van der Waals surface area (Å²) >= 11 is 4.25. The Morgan fingerprint density at radius 2 is 1.69 bits per heavy atom. The number of aromatic nitrogens is 1. The number of rotatable bonds is 7. The van der Waals surface area contributed by atoms with Crippen LogP contribution in [0, 0.1) is 7.14 Å². The van der Waals surface area contributed by atoms with Crippen molar-refractivity contribution in [2.45, 2.75) is 0 Å². The predicted octanol–water partition coefficient (Wildman–Crippen LogP) is 5.43. The van der Waals surface area contributed by atoms with E-state index in [9.17, 15) is 9.59 Å². The third-order valence-corrected chi connectivity index (χ3v) is 6.60. The summed E-state index contributed by atoms with van der Waals surface area (Å²) in [7, 11) is 1.31. The number of fused-ring (bicyclic) bond motifs is 1. The van der Waals surface area contributed by atoms with Crippen molar-refractivity contribution < 1.29 is 19.1 Å². The van der Waals surface area contributed by atoms with Gasteiger partial charge < -0.3 is 9.47 Å². The lowest BCUT2D eigenvalue weighted by Crippen LogP contribution is -2.18. The van der Waals surface area contributed by atoms with E-state index < -0.39 is 5.97 Å². The molecule has 0 unspecified atom stereocenters. The van der Waals surface area contributed by atoms with Crippen molar-refractivity contribution in [2.75, 3.05) is 13.7 Å². The van der Waals surface area contributed by atoms with Crippen molar-refractivity contribution in [3.8, 4) is 17.0 Å². The number of carbonyl (C=O) groups is 2. The summed E-state index contributed by atoms with van der Waals surface area (Å²) in [6.07, 6.45) is 1.56. The number of amides is 1. The number of hydrogen-bond acceptors (Lipinski definition) is 6. The molecule has 0 aliphatic rings. The van der Waals surface area contributed by atoms with Gasteiger partial charge in [-0.25, -0.2) is 15.2 Å². The molecule has 1 N–H and O–H groups in total. The molecule has 3 aromatic carbocycles. The van der Waals surface area contributed by atoms with Crippen molar-refractivity contribution in [3.05, 3.63) is 91.1 Å². The highest BCUT2D eigenvalue weighted by Gasteiger charge is 2.14. The van der Waals surface area contributed by atoms with Crippen LogP contribution in [0.3, 0.4) is 0 Å². The van der Waals surface area contributed by atoms with Crippen molar-refractivity contribution in [1.82, 2.24) is 10.4 Å². The second-order valence-corrected chi connectivity index (χ2v) is 9.64. The highest BCUT2D eigenvalue weighted by atomic mass is 127. The van der Waals surface area contributed by atoms with Gasteiger partial charge in [-0.15, -0.1) is 0 Å². The van der Waals surface area contributed by atoms with E-state index in [4.69, 9.17) is 9.72 Å². The predicted molar refractivity (Wildman–Crippen MR) is 152 cm³/mol. The van der Waals surface area contributed by atoms with Crippen molar-refractivity contribution in [2.24, 2.45) is 5.10 Å². The molecule has 0 spiro atoms. The Balaban J connectivity index is 1.55. The lowest BCUT2D eigenvalue weighted by Gasteiger charge is -2.10. The summed E-state index contributed by atoms with van der Waals surface area (Å²) in [6, 6.07) is 22.7. The van der Waals surface area contributed by atoms with Crippen LogP contribution in [0.5, 0.6) is 5.75 Å². The van der Waals surface area contributed by atoms with Crippen LogP contribution in [0.1, 0.15) is 15.9 Å². The number of esters is 1. The Bertz CT molecular complexity index is 1400. The molecule has 0 atom stereocenters. The molecule has 0 aliphatic heterocycles. The number of nitrogens with one attached hydrogen (secondary N) is 1. The number of halogens is 2. The zero-order valence-electron chi connectivity index (χ0n) is 18.5. The first-order valence-corrected chi connectivity index (χ1v) is 12.6. The van der Waals surface area contributed by atoms with Crippen molar-refractivity contribution in [1.29, 1.82) is 0 Å². The van der Waals surface area contributed by atoms with Crippen LogP contribution in [0.2, 0.25) is 0 Å². The molecule has 1 heterocycles. The fraction of sp³-hybridized carbons (Fsp3) is 0.0769. The van der Waals surface area contributed by atoms with Gasteiger partial charge in [-0.05, 0) is 75.0 Å². The first-order chi connectivity index (χ1) is 17.0. The van der Waals surface area contributed by atoms with Crippen LogP contribution in [0.25, 0.3) is 22.2 Å². The van der Waals surface area contributed by atoms with Crippen LogP contribution in [0.4, 0.5) is 0 Å². The number of ether oxygens (including phenoxy) is 2.